The molecule has 0 spiro atoms. The first-order chi connectivity index (χ1) is 11.4. The fourth-order valence-electron chi connectivity index (χ4n) is 4.35. The molecule has 24 heavy (non-hydrogen) atoms. The van der Waals surface area contributed by atoms with E-state index in [2.05, 4.69) is 6.92 Å². The monoisotopic (exact) mass is 334 g/mol. The van der Waals surface area contributed by atoms with Gasteiger partial charge in [-0.05, 0) is 68.4 Å². The highest BCUT2D eigenvalue weighted by atomic mass is 19.1. The van der Waals surface area contributed by atoms with Crippen LogP contribution in [0.3, 0.4) is 0 Å². The van der Waals surface area contributed by atoms with Gasteiger partial charge in [0.2, 0.25) is 0 Å². The molecule has 0 radical (unpaired) electrons. The molecule has 3 nitrogen and oxygen atoms in total. The summed E-state index contributed by atoms with van der Waals surface area (Å²) in [7, 11) is 0. The lowest BCUT2D eigenvalue weighted by Crippen LogP contribution is -2.28. The number of benzene rings is 1. The summed E-state index contributed by atoms with van der Waals surface area (Å²) in [6, 6.07) is 3.74. The molecule has 1 fully saturated rings. The van der Waals surface area contributed by atoms with Gasteiger partial charge in [-0.25, -0.2) is 9.18 Å². The number of rotatable bonds is 3. The molecule has 0 bridgehead atoms. The van der Waals surface area contributed by atoms with Crippen molar-refractivity contribution >= 4 is 5.97 Å². The molecule has 1 saturated carbocycles. The van der Waals surface area contributed by atoms with Crippen LogP contribution in [0.25, 0.3) is 0 Å². The number of esters is 1. The standard InChI is InChI=1S/C20H27FO3/c1-11-10-16-8-9-17(19(21)18(16)20(23)24-11)12(2)14-4-6-15(7-5-14)13(3)22/h8-9,11-15,22H,4-7,10H2,1-3H3. The van der Waals surface area contributed by atoms with Crippen molar-refractivity contribution in [1.29, 1.82) is 0 Å². The summed E-state index contributed by atoms with van der Waals surface area (Å²) < 4.78 is 20.2. The van der Waals surface area contributed by atoms with Gasteiger partial charge in [-0.1, -0.05) is 19.1 Å². The maximum atomic E-state index is 15.0. The lowest BCUT2D eigenvalue weighted by Gasteiger charge is -2.34. The number of ether oxygens (including phenoxy) is 1. The van der Waals surface area contributed by atoms with Gasteiger partial charge in [0.1, 0.15) is 11.9 Å². The number of halogens is 1. The van der Waals surface area contributed by atoms with E-state index < -0.39 is 11.8 Å². The van der Waals surface area contributed by atoms with Crippen LogP contribution in [0.4, 0.5) is 4.39 Å². The molecule has 1 aliphatic carbocycles. The van der Waals surface area contributed by atoms with Gasteiger partial charge in [0.15, 0.2) is 0 Å². The van der Waals surface area contributed by atoms with Crippen LogP contribution >= 0.6 is 0 Å². The SMILES string of the molecule is CC1Cc2ccc(C(C)C3CCC(C(C)O)CC3)c(F)c2C(=O)O1. The van der Waals surface area contributed by atoms with E-state index in [-0.39, 0.29) is 23.7 Å². The molecule has 3 unspecified atom stereocenters. The van der Waals surface area contributed by atoms with Gasteiger partial charge in [0, 0.05) is 6.42 Å². The third-order valence-electron chi connectivity index (χ3n) is 5.97. The van der Waals surface area contributed by atoms with E-state index in [9.17, 15) is 9.90 Å². The van der Waals surface area contributed by atoms with Gasteiger partial charge in [-0.3, -0.25) is 0 Å². The number of aliphatic hydroxyl groups is 1. The second kappa shape index (κ2) is 6.83. The molecule has 1 heterocycles. The van der Waals surface area contributed by atoms with E-state index in [1.807, 2.05) is 26.0 Å². The van der Waals surface area contributed by atoms with Crippen LogP contribution in [0.1, 0.15) is 73.9 Å². The Morgan fingerprint density at radius 3 is 2.42 bits per heavy atom. The van der Waals surface area contributed by atoms with Gasteiger partial charge < -0.3 is 9.84 Å². The molecule has 1 aromatic rings. The molecule has 4 heteroatoms. The molecule has 0 amide bonds. The molecule has 3 rings (SSSR count). The minimum absolute atomic E-state index is 0.0670. The van der Waals surface area contributed by atoms with E-state index in [0.29, 0.717) is 23.8 Å². The highest BCUT2D eigenvalue weighted by Gasteiger charge is 2.33. The Hall–Kier alpha value is -1.42. The first-order valence-corrected chi connectivity index (χ1v) is 9.08. The first-order valence-electron chi connectivity index (χ1n) is 9.08. The Bertz CT molecular complexity index is 618. The minimum atomic E-state index is -0.534. The van der Waals surface area contributed by atoms with Gasteiger partial charge in [0.25, 0.3) is 0 Å². The molecule has 0 aromatic heterocycles. The van der Waals surface area contributed by atoms with Crippen molar-refractivity contribution in [1.82, 2.24) is 0 Å². The lowest BCUT2D eigenvalue weighted by atomic mass is 9.72. The first kappa shape index (κ1) is 17.4. The molecular formula is C20H27FO3. The molecule has 1 aliphatic heterocycles. The average molecular weight is 334 g/mol. The number of carbonyl (C=O) groups is 1. The summed E-state index contributed by atoms with van der Waals surface area (Å²) in [6.45, 7) is 5.73. The fourth-order valence-corrected chi connectivity index (χ4v) is 4.35. The summed E-state index contributed by atoms with van der Waals surface area (Å²) in [5.41, 5.74) is 1.51. The van der Waals surface area contributed by atoms with Crippen LogP contribution in [-0.2, 0) is 11.2 Å². The van der Waals surface area contributed by atoms with Crippen LogP contribution in [0, 0.1) is 17.7 Å². The highest BCUT2D eigenvalue weighted by Crippen LogP contribution is 2.40. The number of hydrogen-bond acceptors (Lipinski definition) is 3. The Morgan fingerprint density at radius 2 is 1.79 bits per heavy atom. The zero-order chi connectivity index (χ0) is 17.4. The van der Waals surface area contributed by atoms with Crippen LogP contribution < -0.4 is 0 Å². The van der Waals surface area contributed by atoms with Crippen LogP contribution in [0.2, 0.25) is 0 Å². The highest BCUT2D eigenvalue weighted by molar-refractivity contribution is 5.92. The van der Waals surface area contributed by atoms with E-state index in [4.69, 9.17) is 4.74 Å². The molecule has 1 aromatic carbocycles. The topological polar surface area (TPSA) is 46.5 Å². The maximum Gasteiger partial charge on any atom is 0.341 e. The van der Waals surface area contributed by atoms with Crippen molar-refractivity contribution < 1.29 is 19.0 Å². The van der Waals surface area contributed by atoms with Crippen molar-refractivity contribution in [3.05, 3.63) is 34.6 Å². The third kappa shape index (κ3) is 3.21. The van der Waals surface area contributed by atoms with Crippen molar-refractivity contribution in [3.63, 3.8) is 0 Å². The third-order valence-corrected chi connectivity index (χ3v) is 5.97. The van der Waals surface area contributed by atoms with Crippen LogP contribution in [0.5, 0.6) is 0 Å². The number of fused-ring (bicyclic) bond motifs is 1. The van der Waals surface area contributed by atoms with Crippen molar-refractivity contribution in [2.24, 2.45) is 11.8 Å². The van der Waals surface area contributed by atoms with Crippen molar-refractivity contribution in [3.8, 4) is 0 Å². The lowest BCUT2D eigenvalue weighted by molar-refractivity contribution is 0.0293. The minimum Gasteiger partial charge on any atom is -0.459 e. The van der Waals surface area contributed by atoms with Gasteiger partial charge in [0.05, 0.1) is 11.7 Å². The second-order valence-corrected chi connectivity index (χ2v) is 7.63. The summed E-state index contributed by atoms with van der Waals surface area (Å²) in [6.07, 6.45) is 4.08. The molecule has 132 valence electrons. The maximum absolute atomic E-state index is 15.0. The second-order valence-electron chi connectivity index (χ2n) is 7.63. The largest absolute Gasteiger partial charge is 0.459 e. The molecule has 2 aliphatic rings. The molecule has 0 saturated heterocycles. The predicted molar refractivity (Wildman–Crippen MR) is 90.5 cm³/mol. The Kier molecular flexibility index (Phi) is 4.95. The molecule has 1 N–H and O–H groups in total. The van der Waals surface area contributed by atoms with Crippen LogP contribution in [0.15, 0.2) is 12.1 Å². The number of cyclic esters (lactones) is 1. The van der Waals surface area contributed by atoms with Crippen LogP contribution in [-0.4, -0.2) is 23.3 Å². The van der Waals surface area contributed by atoms with E-state index in [1.54, 1.807) is 0 Å². The Morgan fingerprint density at radius 1 is 1.17 bits per heavy atom. The summed E-state index contributed by atoms with van der Waals surface area (Å²) in [5, 5.41) is 9.73. The number of hydrogen-bond donors (Lipinski definition) is 1. The summed E-state index contributed by atoms with van der Waals surface area (Å²) in [5.74, 6) is -0.107. The van der Waals surface area contributed by atoms with Crippen molar-refractivity contribution in [2.45, 2.75) is 71.0 Å². The predicted octanol–water partition coefficient (Wildman–Crippen LogP) is 4.22. The van der Waals surface area contributed by atoms with Gasteiger partial charge in [-0.15, -0.1) is 0 Å². The summed E-state index contributed by atoms with van der Waals surface area (Å²) in [4.78, 5) is 12.1. The average Bonchev–Trinajstić information content (AvgIpc) is 2.54. The normalized spacial score (nSPS) is 29.5. The zero-order valence-corrected chi connectivity index (χ0v) is 14.7. The van der Waals surface area contributed by atoms with E-state index in [0.717, 1.165) is 31.2 Å². The van der Waals surface area contributed by atoms with E-state index >= 15 is 4.39 Å². The zero-order valence-electron chi connectivity index (χ0n) is 14.7. The fraction of sp³-hybridized carbons (Fsp3) is 0.650. The molecular weight excluding hydrogens is 307 g/mol. The Labute approximate surface area is 143 Å². The molecule has 3 atom stereocenters. The quantitative estimate of drug-likeness (QED) is 0.842. The van der Waals surface area contributed by atoms with Crippen molar-refractivity contribution in [2.75, 3.05) is 0 Å². The Balaban J connectivity index is 1.80. The summed E-state index contributed by atoms with van der Waals surface area (Å²) >= 11 is 0. The van der Waals surface area contributed by atoms with E-state index in [1.165, 1.54) is 0 Å². The smallest absolute Gasteiger partial charge is 0.341 e. The van der Waals surface area contributed by atoms with Gasteiger partial charge >= 0.3 is 5.97 Å². The number of aliphatic hydroxyl groups excluding tert-OH is 1. The van der Waals surface area contributed by atoms with Gasteiger partial charge in [-0.2, -0.15) is 0 Å². The number of carbonyl (C=O) groups excluding carboxylic acids is 1.